The second-order valence-electron chi connectivity index (χ2n) is 4.18. The predicted molar refractivity (Wildman–Crippen MR) is 64.6 cm³/mol. The number of pyridine rings is 1. The number of hydrogen-bond acceptors (Lipinski definition) is 2. The minimum Gasteiger partial charge on any atom is -0.274 e. The molecule has 3 rings (SSSR count). The summed E-state index contributed by atoms with van der Waals surface area (Å²) in [6, 6.07) is 4.90. The van der Waals surface area contributed by atoms with Crippen molar-refractivity contribution in [2.75, 3.05) is 0 Å². The zero-order valence-electron chi connectivity index (χ0n) is 9.58. The summed E-state index contributed by atoms with van der Waals surface area (Å²) in [4.78, 5) is 15.7. The lowest BCUT2D eigenvalue weighted by atomic mass is 10.1. The fourth-order valence-corrected chi connectivity index (χ4v) is 2.44. The van der Waals surface area contributed by atoms with E-state index in [4.69, 9.17) is 11.6 Å². The van der Waals surface area contributed by atoms with Crippen LogP contribution in [0.25, 0.3) is 11.3 Å². The van der Waals surface area contributed by atoms with E-state index < -0.39 is 11.6 Å². The highest BCUT2D eigenvalue weighted by molar-refractivity contribution is 6.34. The number of quaternary nitrogens is 1. The number of carbonyl (C=O) groups is 1. The summed E-state index contributed by atoms with van der Waals surface area (Å²) in [6.45, 7) is 0.331. The molecule has 1 aromatic heterocycles. The van der Waals surface area contributed by atoms with Crippen molar-refractivity contribution in [3.63, 3.8) is 0 Å². The summed E-state index contributed by atoms with van der Waals surface area (Å²) in [5.41, 5.74) is 0.645. The number of rotatable bonds is 1. The molecule has 96 valence electrons. The van der Waals surface area contributed by atoms with Gasteiger partial charge in [-0.25, -0.2) is 18.6 Å². The second kappa shape index (κ2) is 4.36. The number of nitrogens with zero attached hydrogens (tertiary/aromatic N) is 1. The van der Waals surface area contributed by atoms with Crippen LogP contribution in [0, 0.1) is 11.6 Å². The van der Waals surface area contributed by atoms with E-state index in [1.54, 1.807) is 0 Å². The van der Waals surface area contributed by atoms with Gasteiger partial charge in [-0.2, -0.15) is 0 Å². The van der Waals surface area contributed by atoms with Crippen molar-refractivity contribution in [3.8, 4) is 11.3 Å². The third-order valence-corrected chi connectivity index (χ3v) is 3.29. The Hall–Kier alpha value is -1.85. The molecule has 2 N–H and O–H groups in total. The van der Waals surface area contributed by atoms with Crippen molar-refractivity contribution in [2.45, 2.75) is 6.54 Å². The summed E-state index contributed by atoms with van der Waals surface area (Å²) in [6.07, 6.45) is 0. The summed E-state index contributed by atoms with van der Waals surface area (Å²) in [5, 5.41) is 1.62. The zero-order valence-corrected chi connectivity index (χ0v) is 10.3. The van der Waals surface area contributed by atoms with E-state index in [0.717, 1.165) is 12.1 Å². The van der Waals surface area contributed by atoms with E-state index in [-0.39, 0.29) is 22.2 Å². The van der Waals surface area contributed by atoms with Gasteiger partial charge in [-0.15, -0.1) is 0 Å². The number of hydrogen-bond donors (Lipinski definition) is 1. The lowest BCUT2D eigenvalue weighted by Crippen LogP contribution is -2.83. The van der Waals surface area contributed by atoms with Crippen LogP contribution in [0.4, 0.5) is 8.78 Å². The van der Waals surface area contributed by atoms with Crippen molar-refractivity contribution in [1.29, 1.82) is 0 Å². The van der Waals surface area contributed by atoms with Crippen LogP contribution in [-0.2, 0) is 6.54 Å². The Morgan fingerprint density at radius 3 is 2.58 bits per heavy atom. The minimum atomic E-state index is -0.711. The number of halogens is 3. The van der Waals surface area contributed by atoms with Crippen LogP contribution in [0.2, 0.25) is 5.02 Å². The molecule has 0 unspecified atom stereocenters. The van der Waals surface area contributed by atoms with E-state index >= 15 is 0 Å². The molecule has 1 aromatic carbocycles. The molecule has 0 radical (unpaired) electrons. The van der Waals surface area contributed by atoms with Gasteiger partial charge in [0, 0.05) is 0 Å². The highest BCUT2D eigenvalue weighted by Crippen LogP contribution is 2.30. The molecular formula is C13H8ClF2N2O+. The van der Waals surface area contributed by atoms with Crippen molar-refractivity contribution in [1.82, 2.24) is 4.98 Å². The van der Waals surface area contributed by atoms with Gasteiger partial charge in [-0.3, -0.25) is 5.32 Å². The maximum absolute atomic E-state index is 13.7. The Labute approximate surface area is 112 Å². The molecule has 0 bridgehead atoms. The molecule has 2 heterocycles. The molecule has 0 fully saturated rings. The first-order valence-corrected chi connectivity index (χ1v) is 5.97. The Kier molecular flexibility index (Phi) is 2.80. The fourth-order valence-electron chi connectivity index (χ4n) is 2.13. The first-order chi connectivity index (χ1) is 9.08. The van der Waals surface area contributed by atoms with Gasteiger partial charge in [0.2, 0.25) is 0 Å². The summed E-state index contributed by atoms with van der Waals surface area (Å²) >= 11 is 6.00. The molecule has 6 heteroatoms. The summed E-state index contributed by atoms with van der Waals surface area (Å²) in [5.74, 6) is -1.62. The monoisotopic (exact) mass is 281 g/mol. The molecule has 0 spiro atoms. The molecule has 0 saturated carbocycles. The quantitative estimate of drug-likeness (QED) is 0.868. The Morgan fingerprint density at radius 2 is 1.89 bits per heavy atom. The van der Waals surface area contributed by atoms with E-state index in [1.807, 2.05) is 0 Å². The molecule has 0 saturated heterocycles. The topological polar surface area (TPSA) is 46.6 Å². The van der Waals surface area contributed by atoms with Gasteiger partial charge in [0.15, 0.2) is 0 Å². The SMILES string of the molecule is O=C1[NH2+]Cc2nc(-c3c(F)cccc3F)cc(Cl)c21. The molecule has 1 aliphatic heterocycles. The van der Waals surface area contributed by atoms with E-state index in [1.165, 1.54) is 17.4 Å². The highest BCUT2D eigenvalue weighted by atomic mass is 35.5. The van der Waals surface area contributed by atoms with E-state index in [0.29, 0.717) is 17.8 Å². The van der Waals surface area contributed by atoms with Crippen LogP contribution in [0.3, 0.4) is 0 Å². The third-order valence-electron chi connectivity index (χ3n) is 2.99. The Balaban J connectivity index is 2.23. The molecule has 2 aromatic rings. The van der Waals surface area contributed by atoms with Crippen LogP contribution in [0.1, 0.15) is 16.1 Å². The number of nitrogens with two attached hydrogens (primary N) is 1. The highest BCUT2D eigenvalue weighted by Gasteiger charge is 2.29. The average Bonchev–Trinajstić information content (AvgIpc) is 2.71. The zero-order chi connectivity index (χ0) is 13.6. The maximum atomic E-state index is 13.7. The van der Waals surface area contributed by atoms with Gasteiger partial charge in [-0.1, -0.05) is 17.7 Å². The lowest BCUT2D eigenvalue weighted by Gasteiger charge is -2.06. The van der Waals surface area contributed by atoms with Gasteiger partial charge in [0.1, 0.15) is 29.4 Å². The molecule has 1 aliphatic rings. The Morgan fingerprint density at radius 1 is 1.21 bits per heavy atom. The minimum absolute atomic E-state index is 0.0995. The smallest absolute Gasteiger partial charge is 0.274 e. The third kappa shape index (κ3) is 1.91. The number of aromatic nitrogens is 1. The standard InChI is InChI=1S/C13H7ClF2N2O/c14-6-4-9(12-7(15)2-1-3-8(12)16)18-10-5-17-13(19)11(6)10/h1-4H,5H2,(H,17,19)/p+1. The summed E-state index contributed by atoms with van der Waals surface area (Å²) in [7, 11) is 0. The second-order valence-corrected chi connectivity index (χ2v) is 4.59. The lowest BCUT2D eigenvalue weighted by molar-refractivity contribution is -0.565. The largest absolute Gasteiger partial charge is 0.346 e. The van der Waals surface area contributed by atoms with Crippen LogP contribution < -0.4 is 5.32 Å². The van der Waals surface area contributed by atoms with Crippen LogP contribution in [0.15, 0.2) is 24.3 Å². The van der Waals surface area contributed by atoms with Crippen LogP contribution in [0.5, 0.6) is 0 Å². The number of benzene rings is 1. The van der Waals surface area contributed by atoms with Crippen molar-refractivity contribution in [3.05, 3.63) is 52.2 Å². The number of carbonyl (C=O) groups excluding carboxylic acids is 1. The van der Waals surface area contributed by atoms with Gasteiger partial charge >= 0.3 is 5.91 Å². The average molecular weight is 282 g/mol. The maximum Gasteiger partial charge on any atom is 0.346 e. The molecule has 19 heavy (non-hydrogen) atoms. The number of fused-ring (bicyclic) bond motifs is 1. The van der Waals surface area contributed by atoms with Crippen molar-refractivity contribution >= 4 is 17.5 Å². The van der Waals surface area contributed by atoms with Crippen LogP contribution >= 0.6 is 11.6 Å². The van der Waals surface area contributed by atoms with Crippen molar-refractivity contribution < 1.29 is 18.9 Å². The molecule has 0 aliphatic carbocycles. The molecule has 3 nitrogen and oxygen atoms in total. The fraction of sp³-hybridized carbons (Fsp3) is 0.0769. The predicted octanol–water partition coefficient (Wildman–Crippen LogP) is 1.90. The van der Waals surface area contributed by atoms with Gasteiger partial charge in [0.25, 0.3) is 0 Å². The van der Waals surface area contributed by atoms with Gasteiger partial charge in [0.05, 0.1) is 16.3 Å². The van der Waals surface area contributed by atoms with E-state index in [9.17, 15) is 13.6 Å². The number of primary amides is 1. The molecular weight excluding hydrogens is 274 g/mol. The normalized spacial score (nSPS) is 13.7. The van der Waals surface area contributed by atoms with Gasteiger partial charge in [-0.05, 0) is 18.2 Å². The molecule has 0 atom stereocenters. The van der Waals surface area contributed by atoms with Crippen molar-refractivity contribution in [2.24, 2.45) is 0 Å². The summed E-state index contributed by atoms with van der Waals surface area (Å²) < 4.78 is 27.4. The van der Waals surface area contributed by atoms with Crippen LogP contribution in [-0.4, -0.2) is 10.9 Å². The van der Waals surface area contributed by atoms with E-state index in [2.05, 4.69) is 4.98 Å². The first kappa shape index (κ1) is 12.2. The Bertz CT molecular complexity index is 683. The molecule has 1 amide bonds. The number of amides is 1. The first-order valence-electron chi connectivity index (χ1n) is 5.59. The van der Waals surface area contributed by atoms with Gasteiger partial charge < -0.3 is 0 Å².